The summed E-state index contributed by atoms with van der Waals surface area (Å²) in [7, 11) is 1.64. The molecule has 0 aliphatic heterocycles. The predicted octanol–water partition coefficient (Wildman–Crippen LogP) is 3.07. The van der Waals surface area contributed by atoms with Crippen LogP contribution in [0.4, 0.5) is 14.9 Å². The van der Waals surface area contributed by atoms with E-state index < -0.39 is 5.82 Å². The van der Waals surface area contributed by atoms with E-state index in [9.17, 15) is 9.18 Å². The van der Waals surface area contributed by atoms with Crippen molar-refractivity contribution >= 4 is 27.6 Å². The van der Waals surface area contributed by atoms with Gasteiger partial charge in [0.1, 0.15) is 5.82 Å². The SMILES string of the molecule is CCN(C)C(=O)Nc1c(F)cccc1Br. The Morgan fingerprint density at radius 3 is 2.80 bits per heavy atom. The summed E-state index contributed by atoms with van der Waals surface area (Å²) in [5.74, 6) is -0.456. The van der Waals surface area contributed by atoms with Crippen LogP contribution in [0.3, 0.4) is 0 Å². The van der Waals surface area contributed by atoms with Gasteiger partial charge in [-0.25, -0.2) is 9.18 Å². The fourth-order valence-corrected chi connectivity index (χ4v) is 1.40. The van der Waals surface area contributed by atoms with E-state index in [-0.39, 0.29) is 11.7 Å². The first kappa shape index (κ1) is 12.0. The van der Waals surface area contributed by atoms with Gasteiger partial charge in [0.15, 0.2) is 0 Å². The minimum Gasteiger partial charge on any atom is -0.328 e. The van der Waals surface area contributed by atoms with Gasteiger partial charge < -0.3 is 10.2 Å². The zero-order valence-electron chi connectivity index (χ0n) is 8.55. The van der Waals surface area contributed by atoms with Gasteiger partial charge in [-0.05, 0) is 35.0 Å². The zero-order chi connectivity index (χ0) is 11.4. The summed E-state index contributed by atoms with van der Waals surface area (Å²) in [4.78, 5) is 12.9. The van der Waals surface area contributed by atoms with Crippen molar-refractivity contribution in [3.8, 4) is 0 Å². The fraction of sp³-hybridized carbons (Fsp3) is 0.300. The first-order valence-corrected chi connectivity index (χ1v) is 5.31. The molecule has 0 fully saturated rings. The summed E-state index contributed by atoms with van der Waals surface area (Å²) in [5.41, 5.74) is 0.169. The number of carbonyl (C=O) groups excluding carboxylic acids is 1. The van der Waals surface area contributed by atoms with E-state index in [2.05, 4.69) is 21.2 Å². The minimum absolute atomic E-state index is 0.169. The quantitative estimate of drug-likeness (QED) is 0.883. The Bertz CT molecular complexity index is 350. The van der Waals surface area contributed by atoms with Crippen LogP contribution >= 0.6 is 15.9 Å². The fourth-order valence-electron chi connectivity index (χ4n) is 0.963. The van der Waals surface area contributed by atoms with E-state index in [1.165, 1.54) is 11.0 Å². The molecule has 0 heterocycles. The molecule has 3 nitrogen and oxygen atoms in total. The molecule has 1 aromatic carbocycles. The number of anilines is 1. The van der Waals surface area contributed by atoms with Crippen molar-refractivity contribution in [2.75, 3.05) is 18.9 Å². The minimum atomic E-state index is -0.456. The number of para-hydroxylation sites is 1. The van der Waals surface area contributed by atoms with Crippen LogP contribution < -0.4 is 5.32 Å². The van der Waals surface area contributed by atoms with Crippen molar-refractivity contribution in [2.45, 2.75) is 6.92 Å². The van der Waals surface area contributed by atoms with Gasteiger partial charge in [0.2, 0.25) is 0 Å². The number of urea groups is 1. The molecule has 1 N–H and O–H groups in total. The van der Waals surface area contributed by atoms with Crippen LogP contribution in [0, 0.1) is 5.82 Å². The van der Waals surface area contributed by atoms with E-state index in [0.29, 0.717) is 11.0 Å². The lowest BCUT2D eigenvalue weighted by molar-refractivity contribution is 0.224. The highest BCUT2D eigenvalue weighted by molar-refractivity contribution is 9.10. The highest BCUT2D eigenvalue weighted by Crippen LogP contribution is 2.25. The van der Waals surface area contributed by atoms with Crippen LogP contribution in [0.5, 0.6) is 0 Å². The number of nitrogens with zero attached hydrogens (tertiary/aromatic N) is 1. The van der Waals surface area contributed by atoms with Gasteiger partial charge in [0.25, 0.3) is 0 Å². The summed E-state index contributed by atoms with van der Waals surface area (Å²) in [6, 6.07) is 4.21. The van der Waals surface area contributed by atoms with Crippen LogP contribution in [0.25, 0.3) is 0 Å². The number of nitrogens with one attached hydrogen (secondary N) is 1. The summed E-state index contributed by atoms with van der Waals surface area (Å²) in [6.45, 7) is 2.41. The average Bonchev–Trinajstić information content (AvgIpc) is 2.22. The van der Waals surface area contributed by atoms with E-state index in [1.807, 2.05) is 6.92 Å². The highest BCUT2D eigenvalue weighted by atomic mass is 79.9. The molecule has 2 amide bonds. The van der Waals surface area contributed by atoms with Crippen LogP contribution in [-0.2, 0) is 0 Å². The van der Waals surface area contributed by atoms with Gasteiger partial charge in [-0.1, -0.05) is 6.07 Å². The van der Waals surface area contributed by atoms with Crippen molar-refractivity contribution in [3.63, 3.8) is 0 Å². The van der Waals surface area contributed by atoms with E-state index in [1.54, 1.807) is 19.2 Å². The Balaban J connectivity index is 2.85. The van der Waals surface area contributed by atoms with E-state index in [0.717, 1.165) is 0 Å². The Morgan fingerprint density at radius 2 is 2.27 bits per heavy atom. The Kier molecular flexibility index (Phi) is 4.08. The first-order chi connectivity index (χ1) is 7.06. The van der Waals surface area contributed by atoms with Crippen LogP contribution in [0.2, 0.25) is 0 Å². The molecule has 0 saturated carbocycles. The molecular formula is C10H12BrFN2O. The lowest BCUT2D eigenvalue weighted by atomic mass is 10.3. The molecule has 0 radical (unpaired) electrons. The maximum Gasteiger partial charge on any atom is 0.321 e. The van der Waals surface area contributed by atoms with Gasteiger partial charge >= 0.3 is 6.03 Å². The second kappa shape index (κ2) is 5.11. The third-order valence-corrected chi connectivity index (χ3v) is 2.68. The Morgan fingerprint density at radius 1 is 1.60 bits per heavy atom. The largest absolute Gasteiger partial charge is 0.328 e. The molecule has 5 heteroatoms. The van der Waals surface area contributed by atoms with Crippen LogP contribution in [-0.4, -0.2) is 24.5 Å². The lowest BCUT2D eigenvalue weighted by Crippen LogP contribution is -2.31. The normalized spacial score (nSPS) is 9.87. The average molecular weight is 275 g/mol. The summed E-state index contributed by atoms with van der Waals surface area (Å²) in [5, 5.41) is 2.49. The number of hydrogen-bond donors (Lipinski definition) is 1. The monoisotopic (exact) mass is 274 g/mol. The van der Waals surface area contributed by atoms with Crippen molar-refractivity contribution in [1.29, 1.82) is 0 Å². The Hall–Kier alpha value is -1.10. The third kappa shape index (κ3) is 2.92. The molecule has 0 bridgehead atoms. The Labute approximate surface area is 96.4 Å². The predicted molar refractivity (Wildman–Crippen MR) is 61.4 cm³/mol. The van der Waals surface area contributed by atoms with E-state index >= 15 is 0 Å². The van der Waals surface area contributed by atoms with Gasteiger partial charge in [0, 0.05) is 18.1 Å². The molecule has 0 aromatic heterocycles. The maximum atomic E-state index is 13.3. The standard InChI is InChI=1S/C10H12BrFN2O/c1-3-14(2)10(15)13-9-7(11)5-4-6-8(9)12/h4-6H,3H2,1-2H3,(H,13,15). The number of carbonyl (C=O) groups is 1. The number of amides is 2. The number of hydrogen-bond acceptors (Lipinski definition) is 1. The third-order valence-electron chi connectivity index (χ3n) is 2.02. The smallest absolute Gasteiger partial charge is 0.321 e. The molecule has 1 rings (SSSR count). The number of rotatable bonds is 2. The van der Waals surface area contributed by atoms with Crippen molar-refractivity contribution in [1.82, 2.24) is 4.90 Å². The van der Waals surface area contributed by atoms with Crippen LogP contribution in [0.1, 0.15) is 6.92 Å². The highest BCUT2D eigenvalue weighted by Gasteiger charge is 2.12. The number of halogens is 2. The molecule has 0 aliphatic rings. The molecule has 82 valence electrons. The maximum absolute atomic E-state index is 13.3. The van der Waals surface area contributed by atoms with Gasteiger partial charge in [-0.2, -0.15) is 0 Å². The van der Waals surface area contributed by atoms with Crippen molar-refractivity contribution in [3.05, 3.63) is 28.5 Å². The molecular weight excluding hydrogens is 263 g/mol. The molecule has 0 aliphatic carbocycles. The second-order valence-electron chi connectivity index (χ2n) is 3.04. The van der Waals surface area contributed by atoms with Crippen LogP contribution in [0.15, 0.2) is 22.7 Å². The second-order valence-corrected chi connectivity index (χ2v) is 3.90. The molecule has 15 heavy (non-hydrogen) atoms. The zero-order valence-corrected chi connectivity index (χ0v) is 10.1. The molecule has 0 saturated heterocycles. The first-order valence-electron chi connectivity index (χ1n) is 4.52. The molecule has 0 atom stereocenters. The molecule has 0 unspecified atom stereocenters. The summed E-state index contributed by atoms with van der Waals surface area (Å²) >= 11 is 3.17. The summed E-state index contributed by atoms with van der Waals surface area (Å²) in [6.07, 6.45) is 0. The van der Waals surface area contributed by atoms with Crippen molar-refractivity contribution < 1.29 is 9.18 Å². The topological polar surface area (TPSA) is 32.3 Å². The molecule has 0 spiro atoms. The van der Waals surface area contributed by atoms with Crippen molar-refractivity contribution in [2.24, 2.45) is 0 Å². The number of benzene rings is 1. The lowest BCUT2D eigenvalue weighted by Gasteiger charge is -2.16. The van der Waals surface area contributed by atoms with Gasteiger partial charge in [-0.15, -0.1) is 0 Å². The summed E-state index contributed by atoms with van der Waals surface area (Å²) < 4.78 is 13.8. The van der Waals surface area contributed by atoms with E-state index in [4.69, 9.17) is 0 Å². The van der Waals surface area contributed by atoms with Gasteiger partial charge in [-0.3, -0.25) is 0 Å². The van der Waals surface area contributed by atoms with Gasteiger partial charge in [0.05, 0.1) is 5.69 Å². The molecule has 1 aromatic rings.